The fraction of sp³-hybridized carbons (Fsp3) is 0.462. The second-order valence-corrected chi connectivity index (χ2v) is 4.56. The van der Waals surface area contributed by atoms with Gasteiger partial charge in [0.15, 0.2) is 5.78 Å². The molecule has 0 fully saturated rings. The van der Waals surface area contributed by atoms with E-state index in [4.69, 9.17) is 4.74 Å². The molecule has 0 aromatic heterocycles. The summed E-state index contributed by atoms with van der Waals surface area (Å²) in [6.45, 7) is 4.12. The molecule has 0 aliphatic rings. The quantitative estimate of drug-likeness (QED) is 0.710. The monoisotopic (exact) mass is 238 g/mol. The number of carbonyl (C=O) groups is 1. The third-order valence-electron chi connectivity index (χ3n) is 2.60. The van der Waals surface area contributed by atoms with Gasteiger partial charge in [0.2, 0.25) is 0 Å². The van der Waals surface area contributed by atoms with Crippen LogP contribution in [0.15, 0.2) is 29.2 Å². The Bertz CT molecular complexity index is 350. The zero-order valence-electron chi connectivity index (χ0n) is 10.0. The number of rotatable bonds is 6. The van der Waals surface area contributed by atoms with Gasteiger partial charge >= 0.3 is 0 Å². The Hall–Kier alpha value is -0.960. The fourth-order valence-corrected chi connectivity index (χ4v) is 1.80. The Balaban J connectivity index is 2.57. The molecular formula is C13H18O2S. The first-order valence-corrected chi connectivity index (χ1v) is 6.70. The average Bonchev–Trinajstić information content (AvgIpc) is 2.35. The summed E-state index contributed by atoms with van der Waals surface area (Å²) in [6.07, 6.45) is 2.87. The summed E-state index contributed by atoms with van der Waals surface area (Å²) < 4.78 is 5.54. The zero-order valence-corrected chi connectivity index (χ0v) is 10.8. The summed E-state index contributed by atoms with van der Waals surface area (Å²) in [7, 11) is 0. The van der Waals surface area contributed by atoms with Crippen LogP contribution < -0.4 is 4.74 Å². The molecule has 0 amide bonds. The molecule has 0 radical (unpaired) electrons. The Morgan fingerprint density at radius 1 is 1.44 bits per heavy atom. The molecule has 0 bridgehead atoms. The molecule has 0 saturated heterocycles. The van der Waals surface area contributed by atoms with E-state index in [1.165, 1.54) is 0 Å². The average molecular weight is 238 g/mol. The highest BCUT2D eigenvalue weighted by atomic mass is 32.2. The van der Waals surface area contributed by atoms with Gasteiger partial charge in [-0.3, -0.25) is 4.79 Å². The van der Waals surface area contributed by atoms with Gasteiger partial charge in [-0.15, -0.1) is 11.8 Å². The van der Waals surface area contributed by atoms with E-state index in [-0.39, 0.29) is 18.3 Å². The molecule has 1 atom stereocenters. The van der Waals surface area contributed by atoms with Crippen molar-refractivity contribution in [2.24, 2.45) is 5.92 Å². The maximum absolute atomic E-state index is 11.6. The van der Waals surface area contributed by atoms with Crippen molar-refractivity contribution in [3.63, 3.8) is 0 Å². The molecule has 0 N–H and O–H groups in total. The van der Waals surface area contributed by atoms with E-state index in [9.17, 15) is 4.79 Å². The summed E-state index contributed by atoms with van der Waals surface area (Å²) in [6, 6.07) is 7.78. The normalized spacial score (nSPS) is 12.2. The minimum Gasteiger partial charge on any atom is -0.485 e. The van der Waals surface area contributed by atoms with Crippen LogP contribution in [0.3, 0.4) is 0 Å². The largest absolute Gasteiger partial charge is 0.485 e. The molecule has 1 rings (SSSR count). The smallest absolute Gasteiger partial charge is 0.172 e. The topological polar surface area (TPSA) is 26.3 Å². The molecule has 0 aliphatic carbocycles. The van der Waals surface area contributed by atoms with Gasteiger partial charge in [0.05, 0.1) is 0 Å². The van der Waals surface area contributed by atoms with E-state index in [1.807, 2.05) is 44.4 Å². The van der Waals surface area contributed by atoms with Crippen LogP contribution in [0.2, 0.25) is 0 Å². The molecule has 88 valence electrons. The molecule has 1 aromatic carbocycles. The number of carbonyl (C=O) groups excluding carboxylic acids is 1. The van der Waals surface area contributed by atoms with Crippen LogP contribution >= 0.6 is 11.8 Å². The first-order chi connectivity index (χ1) is 7.69. The second-order valence-electron chi connectivity index (χ2n) is 3.72. The molecule has 0 spiro atoms. The van der Waals surface area contributed by atoms with Gasteiger partial charge < -0.3 is 4.74 Å². The number of thioether (sulfide) groups is 1. The first-order valence-electron chi connectivity index (χ1n) is 5.47. The number of ether oxygens (including phenoxy) is 1. The molecule has 1 unspecified atom stereocenters. The molecule has 0 saturated carbocycles. The van der Waals surface area contributed by atoms with E-state index in [2.05, 4.69) is 0 Å². The van der Waals surface area contributed by atoms with Crippen LogP contribution in [-0.2, 0) is 4.79 Å². The lowest BCUT2D eigenvalue weighted by Gasteiger charge is -2.11. The van der Waals surface area contributed by atoms with Gasteiger partial charge in [-0.25, -0.2) is 0 Å². The highest BCUT2D eigenvalue weighted by molar-refractivity contribution is 7.98. The lowest BCUT2D eigenvalue weighted by atomic mass is 10.1. The van der Waals surface area contributed by atoms with Crippen molar-refractivity contribution in [3.8, 4) is 5.75 Å². The van der Waals surface area contributed by atoms with E-state index >= 15 is 0 Å². The SMILES string of the molecule is CCC(C)C(=O)COc1ccccc1SC. The highest BCUT2D eigenvalue weighted by Crippen LogP contribution is 2.26. The molecule has 2 nitrogen and oxygen atoms in total. The van der Waals surface area contributed by atoms with Crippen LogP contribution in [0.25, 0.3) is 0 Å². The lowest BCUT2D eigenvalue weighted by Crippen LogP contribution is -2.18. The molecular weight excluding hydrogens is 220 g/mol. The summed E-state index contributed by atoms with van der Waals surface area (Å²) in [5.41, 5.74) is 0. The van der Waals surface area contributed by atoms with Crippen molar-refractivity contribution in [2.45, 2.75) is 25.2 Å². The number of Topliss-reactive ketones (excluding diaryl/α,β-unsaturated/α-hetero) is 1. The first kappa shape index (κ1) is 13.1. The molecule has 0 heterocycles. The van der Waals surface area contributed by atoms with Crippen molar-refractivity contribution in [3.05, 3.63) is 24.3 Å². The Labute approximate surface area is 101 Å². The summed E-state index contributed by atoms with van der Waals surface area (Å²) in [4.78, 5) is 12.7. The van der Waals surface area contributed by atoms with Gasteiger partial charge in [-0.05, 0) is 24.8 Å². The Morgan fingerprint density at radius 3 is 2.75 bits per heavy atom. The summed E-state index contributed by atoms with van der Waals surface area (Å²) in [5.74, 6) is 1.05. The fourth-order valence-electron chi connectivity index (χ4n) is 1.26. The number of ketones is 1. The van der Waals surface area contributed by atoms with Gasteiger partial charge in [0, 0.05) is 10.8 Å². The molecule has 3 heteroatoms. The van der Waals surface area contributed by atoms with Gasteiger partial charge in [-0.1, -0.05) is 26.0 Å². The van der Waals surface area contributed by atoms with Gasteiger partial charge in [-0.2, -0.15) is 0 Å². The Kier molecular flexibility index (Phi) is 5.39. The highest BCUT2D eigenvalue weighted by Gasteiger charge is 2.12. The third-order valence-corrected chi connectivity index (χ3v) is 3.38. The van der Waals surface area contributed by atoms with E-state index in [0.717, 1.165) is 17.1 Å². The van der Waals surface area contributed by atoms with Crippen molar-refractivity contribution < 1.29 is 9.53 Å². The molecule has 0 aliphatic heterocycles. The van der Waals surface area contributed by atoms with E-state index in [0.29, 0.717) is 0 Å². The predicted molar refractivity (Wildman–Crippen MR) is 68.2 cm³/mol. The summed E-state index contributed by atoms with van der Waals surface area (Å²) in [5, 5.41) is 0. The van der Waals surface area contributed by atoms with Crippen molar-refractivity contribution in [1.82, 2.24) is 0 Å². The number of hydrogen-bond acceptors (Lipinski definition) is 3. The van der Waals surface area contributed by atoms with Crippen molar-refractivity contribution in [1.29, 1.82) is 0 Å². The third kappa shape index (κ3) is 3.56. The zero-order chi connectivity index (χ0) is 12.0. The number of para-hydroxylation sites is 1. The minimum absolute atomic E-state index is 0.0847. The van der Waals surface area contributed by atoms with Crippen LogP contribution in [0.1, 0.15) is 20.3 Å². The maximum atomic E-state index is 11.6. The predicted octanol–water partition coefficient (Wildman–Crippen LogP) is 3.40. The van der Waals surface area contributed by atoms with Crippen molar-refractivity contribution in [2.75, 3.05) is 12.9 Å². The molecule has 1 aromatic rings. The van der Waals surface area contributed by atoms with Gasteiger partial charge in [0.1, 0.15) is 12.4 Å². The van der Waals surface area contributed by atoms with Crippen LogP contribution in [0.4, 0.5) is 0 Å². The van der Waals surface area contributed by atoms with E-state index in [1.54, 1.807) is 11.8 Å². The van der Waals surface area contributed by atoms with Crippen LogP contribution in [0.5, 0.6) is 5.75 Å². The second kappa shape index (κ2) is 6.59. The van der Waals surface area contributed by atoms with E-state index < -0.39 is 0 Å². The molecule has 16 heavy (non-hydrogen) atoms. The number of benzene rings is 1. The van der Waals surface area contributed by atoms with Gasteiger partial charge in [0.25, 0.3) is 0 Å². The maximum Gasteiger partial charge on any atom is 0.172 e. The summed E-state index contributed by atoms with van der Waals surface area (Å²) >= 11 is 1.62. The minimum atomic E-state index is 0.0847. The lowest BCUT2D eigenvalue weighted by molar-refractivity contribution is -0.124. The standard InChI is InChI=1S/C13H18O2S/c1-4-10(2)11(14)9-15-12-7-5-6-8-13(12)16-3/h5-8,10H,4,9H2,1-3H3. The van der Waals surface area contributed by atoms with Crippen LogP contribution in [-0.4, -0.2) is 18.6 Å². The van der Waals surface area contributed by atoms with Crippen molar-refractivity contribution >= 4 is 17.5 Å². The Morgan fingerprint density at radius 2 is 2.12 bits per heavy atom. The van der Waals surface area contributed by atoms with Crippen LogP contribution in [0, 0.1) is 5.92 Å². The number of hydrogen-bond donors (Lipinski definition) is 0.